The molecule has 3 saturated heterocycles. The average molecular weight is 544 g/mol. The van der Waals surface area contributed by atoms with Crippen molar-refractivity contribution < 1.29 is 19.5 Å². The topological polar surface area (TPSA) is 98.7 Å². The third kappa shape index (κ3) is 4.21. The van der Waals surface area contributed by atoms with Crippen molar-refractivity contribution in [2.75, 3.05) is 17.2 Å². The molecule has 0 aromatic heterocycles. The highest BCUT2D eigenvalue weighted by Gasteiger charge is 2.74. The lowest BCUT2D eigenvalue weighted by Crippen LogP contribution is -2.56. The van der Waals surface area contributed by atoms with Crippen molar-refractivity contribution in [2.45, 2.75) is 48.8 Å². The molecule has 2 unspecified atom stereocenters. The lowest BCUT2D eigenvalue weighted by atomic mass is 9.70. The minimum atomic E-state index is -0.787. The van der Waals surface area contributed by atoms with Crippen LogP contribution in [-0.4, -0.2) is 56.4 Å². The molecule has 3 amide bonds. The van der Waals surface area contributed by atoms with E-state index in [0.29, 0.717) is 17.8 Å². The number of likely N-dealkylation sites (tertiary alicyclic amines) is 1. The Hall–Kier alpha value is -3.36. The first kappa shape index (κ1) is 25.9. The molecule has 202 valence electrons. The number of rotatable bonds is 7. The Morgan fingerprint density at radius 1 is 0.974 bits per heavy atom. The van der Waals surface area contributed by atoms with Crippen molar-refractivity contribution in [1.82, 2.24) is 4.90 Å². The van der Waals surface area contributed by atoms with Crippen molar-refractivity contribution >= 4 is 51.6 Å². The van der Waals surface area contributed by atoms with E-state index in [1.807, 2.05) is 86.6 Å². The van der Waals surface area contributed by atoms with Gasteiger partial charge in [-0.1, -0.05) is 62.4 Å². The van der Waals surface area contributed by atoms with Crippen LogP contribution in [0, 0.1) is 17.8 Å². The molecule has 3 heterocycles. The predicted octanol–water partition coefficient (Wildman–Crippen LogP) is 4.53. The third-order valence-electron chi connectivity index (χ3n) is 8.66. The molecule has 6 rings (SSSR count). The van der Waals surface area contributed by atoms with Gasteiger partial charge in [0.15, 0.2) is 0 Å². The van der Waals surface area contributed by atoms with Gasteiger partial charge in [0.05, 0.1) is 29.2 Å². The van der Waals surface area contributed by atoms with Crippen LogP contribution < -0.4 is 10.6 Å². The van der Waals surface area contributed by atoms with E-state index in [9.17, 15) is 19.5 Å². The summed E-state index contributed by atoms with van der Waals surface area (Å²) in [7, 11) is 0. The van der Waals surface area contributed by atoms with Crippen LogP contribution in [0.3, 0.4) is 0 Å². The Kier molecular flexibility index (Phi) is 6.63. The van der Waals surface area contributed by atoms with Gasteiger partial charge in [0, 0.05) is 16.6 Å². The maximum atomic E-state index is 14.2. The number of para-hydroxylation sites is 1. The van der Waals surface area contributed by atoms with E-state index in [-0.39, 0.29) is 35.5 Å². The number of carbonyl (C=O) groups is 3. The van der Waals surface area contributed by atoms with Gasteiger partial charge in [0.2, 0.25) is 17.7 Å². The molecular weight excluding hydrogens is 510 g/mol. The van der Waals surface area contributed by atoms with Gasteiger partial charge in [-0.2, -0.15) is 0 Å². The maximum Gasteiger partial charge on any atom is 0.248 e. The van der Waals surface area contributed by atoms with Crippen LogP contribution in [0.2, 0.25) is 0 Å². The number of hydrogen-bond donors (Lipinski definition) is 3. The van der Waals surface area contributed by atoms with Crippen LogP contribution in [0.1, 0.15) is 26.7 Å². The van der Waals surface area contributed by atoms with Crippen LogP contribution in [0.15, 0.2) is 72.8 Å². The first-order valence-electron chi connectivity index (χ1n) is 13.6. The molecule has 3 fully saturated rings. The summed E-state index contributed by atoms with van der Waals surface area (Å²) in [5, 5.41) is 18.5. The van der Waals surface area contributed by atoms with Gasteiger partial charge < -0.3 is 20.6 Å². The Morgan fingerprint density at radius 2 is 1.67 bits per heavy atom. The predicted molar refractivity (Wildman–Crippen MR) is 154 cm³/mol. The van der Waals surface area contributed by atoms with E-state index in [1.54, 1.807) is 16.7 Å². The first-order chi connectivity index (χ1) is 18.8. The maximum absolute atomic E-state index is 14.2. The summed E-state index contributed by atoms with van der Waals surface area (Å²) in [6.45, 7) is 3.64. The highest BCUT2D eigenvalue weighted by molar-refractivity contribution is 8.02. The molecule has 3 aliphatic rings. The van der Waals surface area contributed by atoms with E-state index in [4.69, 9.17) is 0 Å². The van der Waals surface area contributed by atoms with Gasteiger partial charge in [-0.05, 0) is 53.8 Å². The number of amides is 3. The molecule has 7 nitrogen and oxygen atoms in total. The Bertz CT molecular complexity index is 1430. The molecule has 6 atom stereocenters. The fourth-order valence-corrected chi connectivity index (χ4v) is 9.10. The van der Waals surface area contributed by atoms with E-state index in [2.05, 4.69) is 10.6 Å². The summed E-state index contributed by atoms with van der Waals surface area (Å²) >= 11 is 1.63. The lowest BCUT2D eigenvalue weighted by Gasteiger charge is -2.38. The normalized spacial score (nSPS) is 28.1. The molecule has 0 aliphatic carbocycles. The number of carbonyl (C=O) groups excluding carboxylic acids is 3. The summed E-state index contributed by atoms with van der Waals surface area (Å²) in [6, 6.07) is 21.7. The molecule has 1 spiro atoms. The summed E-state index contributed by atoms with van der Waals surface area (Å²) in [5.41, 5.74) is 1.35. The standard InChI is InChI=1S/C31H33N3O4S/c1-18(2)23(17-35)34-27(29(37)33-22-13-12-19-8-6-7-9-20(19)16-22)31-15-14-24(39-31)25(26(31)30(34)38)28(36)32-21-10-4-3-5-11-21/h3-13,16,18,23-27,35H,14-15,17H2,1-2H3,(H,32,36)(H,33,37)/t23-,24+,25-,26-,27?,31?/m0/s1. The van der Waals surface area contributed by atoms with Gasteiger partial charge in [-0.25, -0.2) is 0 Å². The van der Waals surface area contributed by atoms with Crippen LogP contribution >= 0.6 is 11.8 Å². The summed E-state index contributed by atoms with van der Waals surface area (Å²) in [5.74, 6) is -1.88. The smallest absolute Gasteiger partial charge is 0.248 e. The monoisotopic (exact) mass is 543 g/mol. The van der Waals surface area contributed by atoms with Crippen molar-refractivity contribution in [1.29, 1.82) is 0 Å². The number of nitrogens with one attached hydrogen (secondary N) is 2. The number of anilines is 2. The van der Waals surface area contributed by atoms with Crippen LogP contribution in [0.5, 0.6) is 0 Å². The number of aliphatic hydroxyl groups is 1. The van der Waals surface area contributed by atoms with E-state index < -0.39 is 28.7 Å². The first-order valence-corrected chi connectivity index (χ1v) is 14.5. The number of thioether (sulfide) groups is 1. The van der Waals surface area contributed by atoms with Gasteiger partial charge in [-0.3, -0.25) is 14.4 Å². The summed E-state index contributed by atoms with van der Waals surface area (Å²) in [6.07, 6.45) is 1.44. The Labute approximate surface area is 232 Å². The number of aliphatic hydroxyl groups excluding tert-OH is 1. The van der Waals surface area contributed by atoms with Gasteiger partial charge >= 0.3 is 0 Å². The fraction of sp³-hybridized carbons (Fsp3) is 0.387. The zero-order valence-electron chi connectivity index (χ0n) is 22.0. The van der Waals surface area contributed by atoms with Crippen molar-refractivity contribution in [3.05, 3.63) is 72.8 Å². The Morgan fingerprint density at radius 3 is 2.38 bits per heavy atom. The number of hydrogen-bond acceptors (Lipinski definition) is 5. The fourth-order valence-electron chi connectivity index (χ4n) is 6.89. The van der Waals surface area contributed by atoms with E-state index in [1.165, 1.54) is 0 Å². The molecule has 3 aliphatic heterocycles. The molecule has 3 N–H and O–H groups in total. The average Bonchev–Trinajstić information content (AvgIpc) is 3.57. The molecule has 0 saturated carbocycles. The van der Waals surface area contributed by atoms with Gasteiger partial charge in [0.1, 0.15) is 6.04 Å². The van der Waals surface area contributed by atoms with E-state index >= 15 is 0 Å². The third-order valence-corrected chi connectivity index (χ3v) is 10.6. The summed E-state index contributed by atoms with van der Waals surface area (Å²) in [4.78, 5) is 43.6. The summed E-state index contributed by atoms with van der Waals surface area (Å²) < 4.78 is -0.719. The van der Waals surface area contributed by atoms with Crippen molar-refractivity contribution in [3.8, 4) is 0 Å². The lowest BCUT2D eigenvalue weighted by molar-refractivity contribution is -0.142. The van der Waals surface area contributed by atoms with E-state index in [0.717, 1.165) is 17.2 Å². The number of fused-ring (bicyclic) bond motifs is 2. The minimum Gasteiger partial charge on any atom is -0.394 e. The molecular formula is C31H33N3O4S. The molecule has 2 bridgehead atoms. The second-order valence-corrected chi connectivity index (χ2v) is 12.8. The number of nitrogens with zero attached hydrogens (tertiary/aromatic N) is 1. The van der Waals surface area contributed by atoms with Gasteiger partial charge in [-0.15, -0.1) is 11.8 Å². The van der Waals surface area contributed by atoms with Crippen LogP contribution in [-0.2, 0) is 14.4 Å². The van der Waals surface area contributed by atoms with Gasteiger partial charge in [0.25, 0.3) is 0 Å². The number of benzene rings is 3. The van der Waals surface area contributed by atoms with Crippen molar-refractivity contribution in [2.24, 2.45) is 17.8 Å². The second kappa shape index (κ2) is 9.99. The Balaban J connectivity index is 1.36. The molecule has 39 heavy (non-hydrogen) atoms. The second-order valence-electron chi connectivity index (χ2n) is 11.2. The van der Waals surface area contributed by atoms with Crippen LogP contribution in [0.25, 0.3) is 10.8 Å². The SMILES string of the molecule is CC(C)[C@H](CO)N1C(=O)[C@@H]2[C@@H](C(=O)Nc3ccccc3)[C@H]3CCC2(S3)C1C(=O)Nc1ccc2ccccc2c1. The highest BCUT2D eigenvalue weighted by atomic mass is 32.2. The molecule has 3 aromatic carbocycles. The van der Waals surface area contributed by atoms with Crippen LogP contribution in [0.4, 0.5) is 11.4 Å². The zero-order chi connectivity index (χ0) is 27.3. The molecule has 8 heteroatoms. The quantitative estimate of drug-likeness (QED) is 0.407. The zero-order valence-corrected chi connectivity index (χ0v) is 22.9. The molecule has 0 radical (unpaired) electrons. The van der Waals surface area contributed by atoms with Crippen molar-refractivity contribution in [3.63, 3.8) is 0 Å². The molecule has 3 aromatic rings. The highest BCUT2D eigenvalue weighted by Crippen LogP contribution is 2.66. The largest absolute Gasteiger partial charge is 0.394 e. The minimum absolute atomic E-state index is 0.0348.